The van der Waals surface area contributed by atoms with Crippen molar-refractivity contribution in [3.63, 3.8) is 0 Å². The third-order valence-electron chi connectivity index (χ3n) is 0. The minimum atomic E-state index is 0. The summed E-state index contributed by atoms with van der Waals surface area (Å²) in [5.74, 6) is 0. The standard InChI is InChI=1S/4Al.Ir. The summed E-state index contributed by atoms with van der Waals surface area (Å²) in [5, 5.41) is 0. The molecule has 13 radical (unpaired) electrons. The van der Waals surface area contributed by atoms with Gasteiger partial charge < -0.3 is 0 Å². The molecule has 0 amide bonds. The Bertz CT molecular complexity index is 3.61. The third kappa shape index (κ3) is 20.0. The van der Waals surface area contributed by atoms with Crippen LogP contribution in [-0.4, -0.2) is 69.4 Å². The van der Waals surface area contributed by atoms with Crippen molar-refractivity contribution in [1.29, 1.82) is 0 Å². The summed E-state index contributed by atoms with van der Waals surface area (Å²) in [6.45, 7) is 0. The molecule has 0 N–H and O–H groups in total. The van der Waals surface area contributed by atoms with Gasteiger partial charge in [-0.1, -0.05) is 0 Å². The van der Waals surface area contributed by atoms with Gasteiger partial charge in [-0.05, 0) is 0 Å². The van der Waals surface area contributed by atoms with E-state index in [1.165, 1.54) is 0 Å². The first kappa shape index (κ1) is 46.3. The molecule has 0 bridgehead atoms. The van der Waals surface area contributed by atoms with Crippen LogP contribution in [0.1, 0.15) is 0 Å². The molecule has 5 heavy (non-hydrogen) atoms. The predicted molar refractivity (Wildman–Crippen MR) is 23.0 cm³/mol. The molecule has 0 spiro atoms. The van der Waals surface area contributed by atoms with Gasteiger partial charge in [0.05, 0.1) is 0 Å². The van der Waals surface area contributed by atoms with Crippen molar-refractivity contribution in [3.8, 4) is 0 Å². The molecule has 0 aromatic carbocycles. The van der Waals surface area contributed by atoms with E-state index in [1.54, 1.807) is 0 Å². The summed E-state index contributed by atoms with van der Waals surface area (Å²) in [4.78, 5) is 0. The van der Waals surface area contributed by atoms with Gasteiger partial charge in [0.2, 0.25) is 0 Å². The van der Waals surface area contributed by atoms with E-state index < -0.39 is 0 Å². The monoisotopic (exact) mass is 301 g/mol. The summed E-state index contributed by atoms with van der Waals surface area (Å²) in [6, 6.07) is 0. The molecule has 0 heterocycles. The first-order valence-electron chi connectivity index (χ1n) is 0. The second kappa shape index (κ2) is 29.3. The Hall–Kier alpha value is 2.78. The maximum atomic E-state index is 0. The van der Waals surface area contributed by atoms with Gasteiger partial charge in [0, 0.05) is 89.5 Å². The van der Waals surface area contributed by atoms with Crippen LogP contribution in [0.4, 0.5) is 0 Å². The molecular weight excluding hydrogens is 300 g/mol. The zero-order valence-corrected chi connectivity index (χ0v) is 9.66. The molecule has 21 valence electrons. The van der Waals surface area contributed by atoms with E-state index in [0.29, 0.717) is 0 Å². The van der Waals surface area contributed by atoms with Crippen molar-refractivity contribution in [2.75, 3.05) is 0 Å². The molecule has 5 heteroatoms. The molecule has 0 rings (SSSR count). The van der Waals surface area contributed by atoms with E-state index in [0.717, 1.165) is 0 Å². The van der Waals surface area contributed by atoms with Crippen molar-refractivity contribution in [2.45, 2.75) is 0 Å². The fourth-order valence-electron chi connectivity index (χ4n) is 0. The molecule has 0 aliphatic carbocycles. The van der Waals surface area contributed by atoms with Gasteiger partial charge in [0.1, 0.15) is 0 Å². The fourth-order valence-corrected chi connectivity index (χ4v) is 0. The van der Waals surface area contributed by atoms with Crippen LogP contribution < -0.4 is 0 Å². The second-order valence-corrected chi connectivity index (χ2v) is 0. The second-order valence-electron chi connectivity index (χ2n) is 0. The quantitative estimate of drug-likeness (QED) is 0.477. The van der Waals surface area contributed by atoms with Crippen molar-refractivity contribution < 1.29 is 20.1 Å². The van der Waals surface area contributed by atoms with Crippen LogP contribution in [0.25, 0.3) is 0 Å². The zero-order valence-electron chi connectivity index (χ0n) is 2.64. The summed E-state index contributed by atoms with van der Waals surface area (Å²) >= 11 is 0. The summed E-state index contributed by atoms with van der Waals surface area (Å²) in [6.07, 6.45) is 0. The van der Waals surface area contributed by atoms with Crippen LogP contribution in [0.5, 0.6) is 0 Å². The van der Waals surface area contributed by atoms with Gasteiger partial charge in [-0.25, -0.2) is 0 Å². The number of hydrogen-bond donors (Lipinski definition) is 0. The third-order valence-corrected chi connectivity index (χ3v) is 0. The largest absolute Gasteiger partial charge is 0 e. The number of rotatable bonds is 0. The average Bonchev–Trinajstić information content (AvgIpc) is 0. The van der Waals surface area contributed by atoms with Crippen molar-refractivity contribution in [1.82, 2.24) is 0 Å². The summed E-state index contributed by atoms with van der Waals surface area (Å²) in [7, 11) is 0. The molecule has 0 saturated carbocycles. The molecule has 0 nitrogen and oxygen atoms in total. The van der Waals surface area contributed by atoms with Gasteiger partial charge in [0.25, 0.3) is 0 Å². The van der Waals surface area contributed by atoms with Crippen LogP contribution in [0.15, 0.2) is 0 Å². The maximum absolute atomic E-state index is 0. The Labute approximate surface area is 88.3 Å². The van der Waals surface area contributed by atoms with E-state index in [9.17, 15) is 0 Å². The van der Waals surface area contributed by atoms with Gasteiger partial charge in [-0.2, -0.15) is 0 Å². The average molecular weight is 300 g/mol. The van der Waals surface area contributed by atoms with Gasteiger partial charge in [-0.3, -0.25) is 0 Å². The molecule has 0 unspecified atom stereocenters. The van der Waals surface area contributed by atoms with E-state index in [1.807, 2.05) is 0 Å². The Balaban J connectivity index is 0. The topological polar surface area (TPSA) is 0 Å². The summed E-state index contributed by atoms with van der Waals surface area (Å²) in [5.41, 5.74) is 0. The van der Waals surface area contributed by atoms with Crippen LogP contribution in [0.2, 0.25) is 0 Å². The van der Waals surface area contributed by atoms with Gasteiger partial charge in [-0.15, -0.1) is 0 Å². The molecular formula is Al4Ir. The molecule has 0 aromatic heterocycles. The number of hydrogen-bond acceptors (Lipinski definition) is 0. The van der Waals surface area contributed by atoms with E-state index >= 15 is 0 Å². The summed E-state index contributed by atoms with van der Waals surface area (Å²) < 4.78 is 0. The van der Waals surface area contributed by atoms with Crippen molar-refractivity contribution in [3.05, 3.63) is 0 Å². The van der Waals surface area contributed by atoms with Crippen molar-refractivity contribution >= 4 is 69.4 Å². The molecule has 0 aliphatic rings. The molecule has 0 aliphatic heterocycles. The first-order valence-corrected chi connectivity index (χ1v) is 0. The molecule has 0 aromatic rings. The molecule has 0 saturated heterocycles. The van der Waals surface area contributed by atoms with E-state index in [4.69, 9.17) is 0 Å². The van der Waals surface area contributed by atoms with Crippen LogP contribution in [0.3, 0.4) is 0 Å². The van der Waals surface area contributed by atoms with Gasteiger partial charge >= 0.3 is 0 Å². The Morgan fingerprint density at radius 1 is 0.400 bits per heavy atom. The predicted octanol–water partition coefficient (Wildman–Crippen LogP) is -1.53. The van der Waals surface area contributed by atoms with E-state index in [2.05, 4.69) is 0 Å². The smallest absolute Gasteiger partial charge is 0 e. The molecule has 0 fully saturated rings. The van der Waals surface area contributed by atoms with Crippen LogP contribution >= 0.6 is 0 Å². The molecule has 0 atom stereocenters. The minimum absolute atomic E-state index is 0. The van der Waals surface area contributed by atoms with Crippen LogP contribution in [0, 0.1) is 0 Å². The Kier molecular flexibility index (Phi) is 271. The van der Waals surface area contributed by atoms with Crippen LogP contribution in [-0.2, 0) is 20.1 Å². The van der Waals surface area contributed by atoms with Gasteiger partial charge in [0.15, 0.2) is 0 Å². The SMILES string of the molecule is [Al].[Al].[Al].[Al].[Ir]. The van der Waals surface area contributed by atoms with Crippen molar-refractivity contribution in [2.24, 2.45) is 0 Å². The minimum Gasteiger partial charge on any atom is 0 e. The van der Waals surface area contributed by atoms with E-state index in [-0.39, 0.29) is 89.5 Å². The maximum Gasteiger partial charge on any atom is 0 e. The normalized spacial score (nSPS) is 0. The zero-order chi connectivity index (χ0) is 0. The first-order chi connectivity index (χ1) is 0. The Morgan fingerprint density at radius 2 is 0.400 bits per heavy atom. The Morgan fingerprint density at radius 3 is 0.400 bits per heavy atom. The fraction of sp³-hybridized carbons (Fsp3) is 0.